The van der Waals surface area contributed by atoms with Gasteiger partial charge in [-0.25, -0.2) is 4.98 Å². The summed E-state index contributed by atoms with van der Waals surface area (Å²) >= 11 is 1.64. The predicted molar refractivity (Wildman–Crippen MR) is 99.7 cm³/mol. The third-order valence-corrected chi connectivity index (χ3v) is 4.95. The first kappa shape index (κ1) is 18.2. The molecule has 0 bridgehead atoms. The van der Waals surface area contributed by atoms with Crippen LogP contribution in [0, 0.1) is 0 Å². The van der Waals surface area contributed by atoms with E-state index < -0.39 is 0 Å². The standard InChI is InChI=1S/C19H26N2O3S/c1-2-4-18-21-14-19(25-18)24-11-3-10-22-16-7-5-15(6-8-16)17-13-20-9-12-23-17/h5-8,14,17,20H,2-4,9-13H2,1H3. The topological polar surface area (TPSA) is 52.6 Å². The van der Waals surface area contributed by atoms with Crippen LogP contribution in [0.25, 0.3) is 0 Å². The van der Waals surface area contributed by atoms with E-state index in [1.165, 1.54) is 5.56 Å². The van der Waals surface area contributed by atoms with E-state index in [4.69, 9.17) is 14.2 Å². The highest BCUT2D eigenvalue weighted by Crippen LogP contribution is 2.23. The molecule has 1 aromatic carbocycles. The van der Waals surface area contributed by atoms with Crippen molar-refractivity contribution >= 4 is 11.3 Å². The highest BCUT2D eigenvalue weighted by molar-refractivity contribution is 7.13. The van der Waals surface area contributed by atoms with Gasteiger partial charge in [-0.2, -0.15) is 0 Å². The van der Waals surface area contributed by atoms with Gasteiger partial charge in [-0.05, 0) is 30.5 Å². The van der Waals surface area contributed by atoms with Crippen LogP contribution in [0.2, 0.25) is 0 Å². The zero-order chi connectivity index (χ0) is 17.3. The zero-order valence-electron chi connectivity index (χ0n) is 14.7. The number of rotatable bonds is 9. The first-order valence-corrected chi connectivity index (χ1v) is 9.79. The fourth-order valence-corrected chi connectivity index (χ4v) is 3.56. The minimum atomic E-state index is 0.146. The predicted octanol–water partition coefficient (Wildman–Crippen LogP) is 3.60. The van der Waals surface area contributed by atoms with Gasteiger partial charge in [0.15, 0.2) is 5.06 Å². The number of benzene rings is 1. The molecule has 1 atom stereocenters. The van der Waals surface area contributed by atoms with Gasteiger partial charge in [-0.1, -0.05) is 30.4 Å². The van der Waals surface area contributed by atoms with Crippen molar-refractivity contribution in [3.05, 3.63) is 41.0 Å². The van der Waals surface area contributed by atoms with Gasteiger partial charge in [0, 0.05) is 19.5 Å². The number of nitrogens with one attached hydrogen (secondary N) is 1. The smallest absolute Gasteiger partial charge is 0.194 e. The molecule has 136 valence electrons. The molecule has 25 heavy (non-hydrogen) atoms. The maximum Gasteiger partial charge on any atom is 0.194 e. The van der Waals surface area contributed by atoms with E-state index >= 15 is 0 Å². The van der Waals surface area contributed by atoms with E-state index in [2.05, 4.69) is 29.4 Å². The largest absolute Gasteiger partial charge is 0.493 e. The molecule has 2 aromatic rings. The van der Waals surface area contributed by atoms with E-state index in [-0.39, 0.29) is 6.10 Å². The average Bonchev–Trinajstić information content (AvgIpc) is 3.10. The molecule has 0 amide bonds. The molecule has 0 radical (unpaired) electrons. The lowest BCUT2D eigenvalue weighted by Crippen LogP contribution is -2.33. The molecule has 1 unspecified atom stereocenters. The van der Waals surface area contributed by atoms with Gasteiger partial charge in [0.2, 0.25) is 0 Å². The van der Waals surface area contributed by atoms with Crippen LogP contribution >= 0.6 is 11.3 Å². The molecule has 5 nitrogen and oxygen atoms in total. The average molecular weight is 362 g/mol. The Morgan fingerprint density at radius 3 is 2.84 bits per heavy atom. The van der Waals surface area contributed by atoms with Gasteiger partial charge in [0.25, 0.3) is 0 Å². The minimum Gasteiger partial charge on any atom is -0.493 e. The summed E-state index contributed by atoms with van der Waals surface area (Å²) in [6.07, 6.45) is 4.95. The Labute approximate surface area is 153 Å². The van der Waals surface area contributed by atoms with Crippen LogP contribution in [-0.4, -0.2) is 37.9 Å². The second-order valence-electron chi connectivity index (χ2n) is 6.01. The van der Waals surface area contributed by atoms with Crippen molar-refractivity contribution in [2.75, 3.05) is 32.9 Å². The van der Waals surface area contributed by atoms with Crippen molar-refractivity contribution in [3.63, 3.8) is 0 Å². The number of hydrogen-bond acceptors (Lipinski definition) is 6. The molecule has 3 rings (SSSR count). The van der Waals surface area contributed by atoms with Crippen molar-refractivity contribution in [1.29, 1.82) is 0 Å². The highest BCUT2D eigenvalue weighted by atomic mass is 32.1. The minimum absolute atomic E-state index is 0.146. The Morgan fingerprint density at radius 1 is 1.24 bits per heavy atom. The summed E-state index contributed by atoms with van der Waals surface area (Å²) in [5, 5.41) is 5.39. The van der Waals surface area contributed by atoms with Crippen molar-refractivity contribution in [2.24, 2.45) is 0 Å². The molecule has 0 aliphatic carbocycles. The van der Waals surface area contributed by atoms with E-state index in [0.29, 0.717) is 13.2 Å². The van der Waals surface area contributed by atoms with Gasteiger partial charge >= 0.3 is 0 Å². The lowest BCUT2D eigenvalue weighted by Gasteiger charge is -2.24. The third-order valence-electron chi connectivity index (χ3n) is 3.98. The summed E-state index contributed by atoms with van der Waals surface area (Å²) in [6.45, 7) is 6.01. The number of hydrogen-bond donors (Lipinski definition) is 1. The maximum atomic E-state index is 5.78. The summed E-state index contributed by atoms with van der Waals surface area (Å²) in [4.78, 5) is 4.35. The second kappa shape index (κ2) is 9.75. The number of aryl methyl sites for hydroxylation is 1. The van der Waals surface area contributed by atoms with Crippen LogP contribution in [0.1, 0.15) is 36.4 Å². The van der Waals surface area contributed by atoms with Gasteiger partial charge in [0.05, 0.1) is 37.1 Å². The molecule has 0 spiro atoms. The Kier molecular flexibility index (Phi) is 7.09. The summed E-state index contributed by atoms with van der Waals surface area (Å²) in [6, 6.07) is 8.18. The number of morpholine rings is 1. The molecule has 1 aliphatic rings. The number of ether oxygens (including phenoxy) is 3. The van der Waals surface area contributed by atoms with Gasteiger partial charge in [-0.3, -0.25) is 0 Å². The Balaban J connectivity index is 1.34. The van der Waals surface area contributed by atoms with E-state index in [9.17, 15) is 0 Å². The fourth-order valence-electron chi connectivity index (χ4n) is 2.67. The van der Waals surface area contributed by atoms with E-state index in [0.717, 1.165) is 54.8 Å². The lowest BCUT2D eigenvalue weighted by atomic mass is 10.1. The summed E-state index contributed by atoms with van der Waals surface area (Å²) in [5.74, 6) is 0.885. The van der Waals surface area contributed by atoms with Crippen LogP contribution in [0.15, 0.2) is 30.5 Å². The monoisotopic (exact) mass is 362 g/mol. The Hall–Kier alpha value is -1.63. The number of aromatic nitrogens is 1. The quantitative estimate of drug-likeness (QED) is 0.691. The molecule has 1 aliphatic heterocycles. The molecule has 6 heteroatoms. The summed E-state index contributed by atoms with van der Waals surface area (Å²) in [5.41, 5.74) is 1.19. The van der Waals surface area contributed by atoms with E-state index in [1.807, 2.05) is 18.3 Å². The summed E-state index contributed by atoms with van der Waals surface area (Å²) < 4.78 is 17.3. The highest BCUT2D eigenvalue weighted by Gasteiger charge is 2.15. The Morgan fingerprint density at radius 2 is 2.08 bits per heavy atom. The van der Waals surface area contributed by atoms with E-state index in [1.54, 1.807) is 11.3 Å². The van der Waals surface area contributed by atoms with Gasteiger partial charge in [0.1, 0.15) is 5.75 Å². The van der Waals surface area contributed by atoms with Gasteiger partial charge in [-0.15, -0.1) is 0 Å². The lowest BCUT2D eigenvalue weighted by molar-refractivity contribution is 0.0277. The van der Waals surface area contributed by atoms with Crippen molar-refractivity contribution in [3.8, 4) is 10.8 Å². The first-order valence-electron chi connectivity index (χ1n) is 8.97. The molecule has 1 N–H and O–H groups in total. The molecule has 2 heterocycles. The molecule has 1 aromatic heterocycles. The normalized spacial score (nSPS) is 17.4. The zero-order valence-corrected chi connectivity index (χ0v) is 15.5. The maximum absolute atomic E-state index is 5.78. The second-order valence-corrected chi connectivity index (χ2v) is 7.08. The number of thiazole rings is 1. The molecule has 1 fully saturated rings. The summed E-state index contributed by atoms with van der Waals surface area (Å²) in [7, 11) is 0. The van der Waals surface area contributed by atoms with Crippen LogP contribution in [0.4, 0.5) is 0 Å². The van der Waals surface area contributed by atoms with Crippen LogP contribution in [-0.2, 0) is 11.2 Å². The van der Waals surface area contributed by atoms with Gasteiger partial charge < -0.3 is 19.5 Å². The third kappa shape index (κ3) is 5.70. The molecular formula is C19H26N2O3S. The van der Waals surface area contributed by atoms with Crippen LogP contribution < -0.4 is 14.8 Å². The number of nitrogens with zero attached hydrogens (tertiary/aromatic N) is 1. The van der Waals surface area contributed by atoms with Crippen molar-refractivity contribution in [1.82, 2.24) is 10.3 Å². The van der Waals surface area contributed by atoms with Crippen molar-refractivity contribution < 1.29 is 14.2 Å². The Bertz CT molecular complexity index is 624. The van der Waals surface area contributed by atoms with Crippen LogP contribution in [0.5, 0.6) is 10.8 Å². The van der Waals surface area contributed by atoms with Crippen molar-refractivity contribution in [2.45, 2.75) is 32.3 Å². The molecular weight excluding hydrogens is 336 g/mol. The van der Waals surface area contributed by atoms with Crippen LogP contribution in [0.3, 0.4) is 0 Å². The molecule has 0 saturated carbocycles. The molecule has 1 saturated heterocycles. The SMILES string of the molecule is CCCc1ncc(OCCCOc2ccc(C3CNCCO3)cc2)s1. The first-order chi connectivity index (χ1) is 12.3. The fraction of sp³-hybridized carbons (Fsp3) is 0.526.